The molecule has 0 saturated heterocycles. The van der Waals surface area contributed by atoms with E-state index in [-0.39, 0.29) is 23.8 Å². The summed E-state index contributed by atoms with van der Waals surface area (Å²) in [6.45, 7) is 4.44. The van der Waals surface area contributed by atoms with Gasteiger partial charge in [-0.3, -0.25) is 0 Å². The number of hydrogen-bond acceptors (Lipinski definition) is 3. The third-order valence-corrected chi connectivity index (χ3v) is 4.63. The summed E-state index contributed by atoms with van der Waals surface area (Å²) in [4.78, 5) is 0. The number of nitrogens with two attached hydrogens (primary N) is 1. The summed E-state index contributed by atoms with van der Waals surface area (Å²) in [7, 11) is -3.18. The molecule has 0 bridgehead atoms. The number of sulfonamides is 1. The van der Waals surface area contributed by atoms with E-state index >= 15 is 0 Å². The second-order valence-electron chi connectivity index (χ2n) is 5.01. The molecule has 0 aromatic carbocycles. The predicted octanol–water partition coefficient (Wildman–Crippen LogP) is 0.833. The first-order valence-corrected chi connectivity index (χ1v) is 7.23. The Morgan fingerprint density at radius 3 is 2.60 bits per heavy atom. The molecule has 3 N–H and O–H groups in total. The fourth-order valence-electron chi connectivity index (χ4n) is 2.14. The average molecular weight is 234 g/mol. The van der Waals surface area contributed by atoms with Crippen LogP contribution in [0.25, 0.3) is 0 Å². The Bertz CT molecular complexity index is 299. The van der Waals surface area contributed by atoms with E-state index in [1.807, 2.05) is 0 Å². The van der Waals surface area contributed by atoms with Gasteiger partial charge >= 0.3 is 0 Å². The fourth-order valence-corrected chi connectivity index (χ4v) is 3.44. The van der Waals surface area contributed by atoms with Crippen LogP contribution in [-0.2, 0) is 10.0 Å². The Balaban J connectivity index is 2.64. The summed E-state index contributed by atoms with van der Waals surface area (Å²) in [6.07, 6.45) is 4.33. The molecule has 90 valence electrons. The van der Waals surface area contributed by atoms with Gasteiger partial charge in [0.1, 0.15) is 0 Å². The van der Waals surface area contributed by atoms with Crippen LogP contribution in [0.15, 0.2) is 0 Å². The molecule has 15 heavy (non-hydrogen) atoms. The molecule has 0 aromatic rings. The topological polar surface area (TPSA) is 72.2 Å². The number of hydrogen-bond donors (Lipinski definition) is 2. The second kappa shape index (κ2) is 4.80. The first-order chi connectivity index (χ1) is 6.87. The normalized spacial score (nSPS) is 26.5. The third-order valence-electron chi connectivity index (χ3n) is 3.22. The lowest BCUT2D eigenvalue weighted by molar-refractivity contribution is 0.188. The average Bonchev–Trinajstić information content (AvgIpc) is 2.08. The second-order valence-corrected chi connectivity index (χ2v) is 6.89. The monoisotopic (exact) mass is 234 g/mol. The van der Waals surface area contributed by atoms with Crippen LogP contribution in [-0.4, -0.2) is 26.8 Å². The molecule has 1 aliphatic carbocycles. The van der Waals surface area contributed by atoms with E-state index in [1.165, 1.54) is 6.42 Å². The van der Waals surface area contributed by atoms with Crippen molar-refractivity contribution in [1.29, 1.82) is 0 Å². The van der Waals surface area contributed by atoms with Crippen LogP contribution in [0.1, 0.15) is 39.5 Å². The zero-order valence-electron chi connectivity index (χ0n) is 9.62. The molecular formula is C10H22N2O2S. The van der Waals surface area contributed by atoms with E-state index in [9.17, 15) is 8.42 Å². The van der Waals surface area contributed by atoms with E-state index in [0.29, 0.717) is 0 Å². The van der Waals surface area contributed by atoms with Crippen LogP contribution >= 0.6 is 0 Å². The summed E-state index contributed by atoms with van der Waals surface area (Å²) >= 11 is 0. The van der Waals surface area contributed by atoms with Gasteiger partial charge in [-0.05, 0) is 18.3 Å². The van der Waals surface area contributed by atoms with E-state index in [0.717, 1.165) is 19.3 Å². The van der Waals surface area contributed by atoms with Crippen LogP contribution in [0.4, 0.5) is 0 Å². The largest absolute Gasteiger partial charge is 0.329 e. The summed E-state index contributed by atoms with van der Waals surface area (Å²) < 4.78 is 26.0. The van der Waals surface area contributed by atoms with Gasteiger partial charge < -0.3 is 5.73 Å². The maximum Gasteiger partial charge on any atom is 0.213 e. The van der Waals surface area contributed by atoms with Crippen molar-refractivity contribution >= 4 is 10.0 Å². The van der Waals surface area contributed by atoms with E-state index in [2.05, 4.69) is 18.6 Å². The summed E-state index contributed by atoms with van der Waals surface area (Å²) in [6, 6.07) is 0.0720. The quantitative estimate of drug-likeness (QED) is 0.757. The molecular weight excluding hydrogens is 212 g/mol. The van der Waals surface area contributed by atoms with Crippen molar-refractivity contribution in [3.05, 3.63) is 0 Å². The predicted molar refractivity (Wildman–Crippen MR) is 62.0 cm³/mol. The first kappa shape index (κ1) is 12.9. The molecule has 0 radical (unpaired) electrons. The van der Waals surface area contributed by atoms with Gasteiger partial charge in [0, 0.05) is 12.6 Å². The van der Waals surface area contributed by atoms with Crippen LogP contribution in [0.5, 0.6) is 0 Å². The van der Waals surface area contributed by atoms with Gasteiger partial charge in [-0.2, -0.15) is 0 Å². The molecule has 0 amide bonds. The minimum absolute atomic E-state index is 0.0274. The highest BCUT2D eigenvalue weighted by molar-refractivity contribution is 7.89. The molecule has 0 heterocycles. The molecule has 4 nitrogen and oxygen atoms in total. The van der Waals surface area contributed by atoms with Gasteiger partial charge in [0.25, 0.3) is 0 Å². The molecule has 0 aromatic heterocycles. The zero-order valence-corrected chi connectivity index (χ0v) is 10.4. The lowest BCUT2D eigenvalue weighted by Gasteiger charge is -2.38. The third kappa shape index (κ3) is 3.74. The number of rotatable bonds is 4. The van der Waals surface area contributed by atoms with Crippen molar-refractivity contribution in [3.8, 4) is 0 Å². The molecule has 1 atom stereocenters. The minimum Gasteiger partial charge on any atom is -0.329 e. The van der Waals surface area contributed by atoms with E-state index in [4.69, 9.17) is 5.73 Å². The van der Waals surface area contributed by atoms with Crippen LogP contribution < -0.4 is 10.5 Å². The molecule has 1 aliphatic rings. The first-order valence-electron chi connectivity index (χ1n) is 5.57. The van der Waals surface area contributed by atoms with Crippen molar-refractivity contribution in [1.82, 2.24) is 4.72 Å². The summed E-state index contributed by atoms with van der Waals surface area (Å²) in [5.41, 5.74) is 5.34. The molecule has 1 fully saturated rings. The fraction of sp³-hybridized carbons (Fsp3) is 1.00. The van der Waals surface area contributed by atoms with Crippen LogP contribution in [0.2, 0.25) is 0 Å². The van der Waals surface area contributed by atoms with Gasteiger partial charge in [0.2, 0.25) is 10.0 Å². The summed E-state index contributed by atoms with van der Waals surface area (Å²) in [5.74, 6) is 0.0274. The Hall–Kier alpha value is -0.130. The molecule has 0 aliphatic heterocycles. The maximum absolute atomic E-state index is 11.6. The Labute approximate surface area is 92.7 Å². The van der Waals surface area contributed by atoms with Gasteiger partial charge in [-0.15, -0.1) is 0 Å². The van der Waals surface area contributed by atoms with E-state index < -0.39 is 10.0 Å². The van der Waals surface area contributed by atoms with Gasteiger partial charge in [0.15, 0.2) is 0 Å². The molecule has 1 unspecified atom stereocenters. The molecule has 1 rings (SSSR count). The van der Waals surface area contributed by atoms with Crippen molar-refractivity contribution in [2.45, 2.75) is 45.6 Å². The highest BCUT2D eigenvalue weighted by atomic mass is 32.2. The molecule has 1 saturated carbocycles. The van der Waals surface area contributed by atoms with Crippen molar-refractivity contribution in [3.63, 3.8) is 0 Å². The molecule has 0 spiro atoms. The number of nitrogens with one attached hydrogen (secondary N) is 1. The lowest BCUT2D eigenvalue weighted by atomic mass is 9.74. The van der Waals surface area contributed by atoms with Crippen LogP contribution in [0, 0.1) is 5.41 Å². The van der Waals surface area contributed by atoms with Gasteiger partial charge in [0.05, 0.1) is 5.75 Å². The van der Waals surface area contributed by atoms with Gasteiger partial charge in [-0.1, -0.05) is 26.7 Å². The molecule has 5 heteroatoms. The summed E-state index contributed by atoms with van der Waals surface area (Å²) in [5, 5.41) is 0. The maximum atomic E-state index is 11.6. The highest BCUT2D eigenvalue weighted by Crippen LogP contribution is 2.35. The van der Waals surface area contributed by atoms with Crippen molar-refractivity contribution in [2.75, 3.05) is 12.3 Å². The SMILES string of the molecule is CC1(C)CCCCC1NS(=O)(=O)CCN. The highest BCUT2D eigenvalue weighted by Gasteiger charge is 2.34. The standard InChI is InChI=1S/C10H22N2O2S/c1-10(2)6-4-3-5-9(10)12-15(13,14)8-7-11/h9,12H,3-8,11H2,1-2H3. The van der Waals surface area contributed by atoms with Crippen molar-refractivity contribution in [2.24, 2.45) is 11.1 Å². The minimum atomic E-state index is -3.18. The van der Waals surface area contributed by atoms with Crippen molar-refractivity contribution < 1.29 is 8.42 Å². The Morgan fingerprint density at radius 1 is 1.40 bits per heavy atom. The lowest BCUT2D eigenvalue weighted by Crippen LogP contribution is -2.48. The van der Waals surface area contributed by atoms with Crippen LogP contribution in [0.3, 0.4) is 0 Å². The van der Waals surface area contributed by atoms with Gasteiger partial charge in [-0.25, -0.2) is 13.1 Å². The Kier molecular flexibility index (Phi) is 4.14. The van der Waals surface area contributed by atoms with E-state index in [1.54, 1.807) is 0 Å². The smallest absolute Gasteiger partial charge is 0.213 e. The zero-order chi connectivity index (χ0) is 11.5. The Morgan fingerprint density at radius 2 is 2.07 bits per heavy atom.